The summed E-state index contributed by atoms with van der Waals surface area (Å²) < 4.78 is 0. The van der Waals surface area contributed by atoms with Gasteiger partial charge in [0.15, 0.2) is 0 Å². The summed E-state index contributed by atoms with van der Waals surface area (Å²) in [4.78, 5) is 35.5. The molecule has 4 rings (SSSR count). The molecule has 0 aromatic carbocycles. The van der Waals surface area contributed by atoms with Crippen molar-refractivity contribution >= 4 is 17.8 Å². The molecular weight excluding hydrogens is 346 g/mol. The van der Waals surface area contributed by atoms with Crippen LogP contribution in [0.4, 0.5) is 4.79 Å². The second-order valence-corrected chi connectivity index (χ2v) is 9.94. The zero-order chi connectivity index (χ0) is 20.0. The molecule has 4 aliphatic rings. The van der Waals surface area contributed by atoms with Gasteiger partial charge in [-0.2, -0.15) is 0 Å². The van der Waals surface area contributed by atoms with E-state index in [0.29, 0.717) is 24.7 Å². The largest absolute Gasteiger partial charge is 0.481 e. The van der Waals surface area contributed by atoms with Gasteiger partial charge in [-0.05, 0) is 55.8 Å². The van der Waals surface area contributed by atoms with Crippen LogP contribution >= 0.6 is 0 Å². The van der Waals surface area contributed by atoms with E-state index in [1.807, 2.05) is 20.8 Å². The van der Waals surface area contributed by atoms with E-state index in [2.05, 4.69) is 0 Å². The first kappa shape index (κ1) is 20.2. The number of carboxylic acid groups (broad SMARTS) is 2. The molecule has 4 atom stereocenters. The molecule has 0 spiro atoms. The Labute approximate surface area is 161 Å². The molecule has 4 fully saturated rings. The first-order valence-electron chi connectivity index (χ1n) is 10.3. The summed E-state index contributed by atoms with van der Waals surface area (Å²) in [5.41, 5.74) is -0.658. The van der Waals surface area contributed by atoms with Crippen molar-refractivity contribution in [1.29, 1.82) is 0 Å². The lowest BCUT2D eigenvalue weighted by molar-refractivity contribution is -0.145. The van der Waals surface area contributed by atoms with Crippen molar-refractivity contribution < 1.29 is 24.6 Å². The van der Waals surface area contributed by atoms with E-state index in [0.717, 1.165) is 25.7 Å². The summed E-state index contributed by atoms with van der Waals surface area (Å²) in [6.45, 7) is 6.10. The van der Waals surface area contributed by atoms with Crippen LogP contribution in [-0.4, -0.2) is 44.5 Å². The number of carboxylic acids is 1. The fourth-order valence-corrected chi connectivity index (χ4v) is 6.24. The molecule has 2 heterocycles. The molecule has 0 aromatic rings. The van der Waals surface area contributed by atoms with Gasteiger partial charge in [0, 0.05) is 18.9 Å². The van der Waals surface area contributed by atoms with E-state index in [1.54, 1.807) is 4.90 Å². The lowest BCUT2D eigenvalue weighted by Gasteiger charge is -2.50. The van der Waals surface area contributed by atoms with E-state index in [9.17, 15) is 19.5 Å². The van der Waals surface area contributed by atoms with Crippen molar-refractivity contribution in [2.75, 3.05) is 0 Å². The summed E-state index contributed by atoms with van der Waals surface area (Å²) >= 11 is 0. The molecule has 2 saturated heterocycles. The summed E-state index contributed by atoms with van der Waals surface area (Å²) in [7, 11) is 0. The van der Waals surface area contributed by atoms with Gasteiger partial charge in [-0.25, -0.2) is 4.79 Å². The maximum atomic E-state index is 11.7. The molecule has 0 radical (unpaired) electrons. The Morgan fingerprint density at radius 3 is 2.07 bits per heavy atom. The van der Waals surface area contributed by atoms with Crippen LogP contribution in [0.25, 0.3) is 0 Å². The van der Waals surface area contributed by atoms with Gasteiger partial charge in [-0.3, -0.25) is 14.5 Å². The van der Waals surface area contributed by atoms with Crippen LogP contribution in [0, 0.1) is 23.2 Å². The SMILES string of the molecule is CC(C)(C)C12CCC(CC(=O)C1)N2C(=O)O.O=C(O)C1C2CCCC1CC2. The van der Waals surface area contributed by atoms with Crippen molar-refractivity contribution in [3.8, 4) is 0 Å². The Kier molecular flexibility index (Phi) is 5.30. The second-order valence-electron chi connectivity index (χ2n) is 9.94. The van der Waals surface area contributed by atoms with Gasteiger partial charge in [0.25, 0.3) is 0 Å². The van der Waals surface area contributed by atoms with E-state index >= 15 is 0 Å². The average Bonchev–Trinajstić information content (AvgIpc) is 2.97. The zero-order valence-electron chi connectivity index (χ0n) is 16.7. The Bertz CT molecular complexity index is 609. The number of nitrogens with zero attached hydrogens (tertiary/aromatic N) is 1. The van der Waals surface area contributed by atoms with Gasteiger partial charge >= 0.3 is 12.1 Å². The molecule has 6 nitrogen and oxygen atoms in total. The topological polar surface area (TPSA) is 94.9 Å². The van der Waals surface area contributed by atoms with Gasteiger partial charge in [0.1, 0.15) is 5.78 Å². The highest BCUT2D eigenvalue weighted by atomic mass is 16.4. The normalized spacial score (nSPS) is 37.6. The number of carbonyl (C=O) groups is 3. The number of amides is 1. The van der Waals surface area contributed by atoms with Gasteiger partial charge in [-0.15, -0.1) is 0 Å². The third-order valence-corrected chi connectivity index (χ3v) is 7.63. The van der Waals surface area contributed by atoms with Gasteiger partial charge in [0.05, 0.1) is 11.5 Å². The molecule has 2 saturated carbocycles. The Morgan fingerprint density at radius 1 is 1.04 bits per heavy atom. The first-order chi connectivity index (χ1) is 12.6. The maximum Gasteiger partial charge on any atom is 0.408 e. The standard InChI is InChI=1S/C12H19NO3.C9H14O2/c1-11(2,3)12-5-4-8(6-9(14)7-12)13(12)10(15)16;10-9(11)8-6-2-1-3-7(8)5-4-6/h8H,4-7H2,1-3H3,(H,15,16);6-8H,1-5H2,(H,10,11). The molecule has 2 N–H and O–H groups in total. The predicted octanol–water partition coefficient (Wildman–Crippen LogP) is 4.17. The maximum absolute atomic E-state index is 11.7. The number of ketones is 1. The number of rotatable bonds is 1. The Balaban J connectivity index is 0.000000166. The highest BCUT2D eigenvalue weighted by Gasteiger charge is 2.59. The molecule has 1 amide bonds. The third kappa shape index (κ3) is 3.47. The lowest BCUT2D eigenvalue weighted by atomic mass is 9.68. The third-order valence-electron chi connectivity index (χ3n) is 7.63. The molecule has 4 bridgehead atoms. The van der Waals surface area contributed by atoms with Crippen LogP contribution in [0.2, 0.25) is 0 Å². The van der Waals surface area contributed by atoms with E-state index in [-0.39, 0.29) is 23.2 Å². The van der Waals surface area contributed by atoms with E-state index < -0.39 is 17.6 Å². The number of piperidine rings is 1. The monoisotopic (exact) mass is 379 g/mol. The summed E-state index contributed by atoms with van der Waals surface area (Å²) in [5.74, 6) is 0.730. The van der Waals surface area contributed by atoms with Crippen LogP contribution < -0.4 is 0 Å². The van der Waals surface area contributed by atoms with E-state index in [1.165, 1.54) is 19.3 Å². The summed E-state index contributed by atoms with van der Waals surface area (Å²) in [6, 6.07) is -0.0852. The first-order valence-corrected chi connectivity index (χ1v) is 10.3. The molecule has 6 heteroatoms. The molecular formula is C21H33NO5. The van der Waals surface area contributed by atoms with Gasteiger partial charge in [-0.1, -0.05) is 27.2 Å². The molecule has 4 unspecified atom stereocenters. The lowest BCUT2D eigenvalue weighted by Crippen LogP contribution is -2.61. The quantitative estimate of drug-likeness (QED) is 0.713. The summed E-state index contributed by atoms with van der Waals surface area (Å²) in [5, 5.41) is 18.3. The minimum absolute atomic E-state index is 0.0174. The minimum atomic E-state index is -0.870. The smallest absolute Gasteiger partial charge is 0.408 e. The van der Waals surface area contributed by atoms with Gasteiger partial charge in [0.2, 0.25) is 0 Å². The number of Topliss-reactive ketones (excluding diaryl/α,β-unsaturated/α-hetero) is 1. The Morgan fingerprint density at radius 2 is 1.63 bits per heavy atom. The van der Waals surface area contributed by atoms with Crippen molar-refractivity contribution in [2.45, 2.75) is 90.1 Å². The average molecular weight is 379 g/mol. The predicted molar refractivity (Wildman–Crippen MR) is 101 cm³/mol. The fourth-order valence-electron chi connectivity index (χ4n) is 6.24. The molecule has 2 aliphatic carbocycles. The zero-order valence-corrected chi connectivity index (χ0v) is 16.7. The second kappa shape index (κ2) is 7.10. The van der Waals surface area contributed by atoms with Crippen LogP contribution in [0.15, 0.2) is 0 Å². The number of hydrogen-bond donors (Lipinski definition) is 2. The summed E-state index contributed by atoms with van der Waals surface area (Å²) in [6.07, 6.45) is 7.49. The van der Waals surface area contributed by atoms with E-state index in [4.69, 9.17) is 5.11 Å². The van der Waals surface area contributed by atoms with Crippen LogP contribution in [-0.2, 0) is 9.59 Å². The van der Waals surface area contributed by atoms with Crippen molar-refractivity contribution in [3.63, 3.8) is 0 Å². The van der Waals surface area contributed by atoms with Crippen molar-refractivity contribution in [2.24, 2.45) is 23.2 Å². The number of carbonyl (C=O) groups excluding carboxylic acids is 1. The van der Waals surface area contributed by atoms with Crippen molar-refractivity contribution in [1.82, 2.24) is 4.90 Å². The molecule has 152 valence electrons. The fraction of sp³-hybridized carbons (Fsp3) is 0.857. The molecule has 0 aromatic heterocycles. The number of hydrogen-bond acceptors (Lipinski definition) is 3. The van der Waals surface area contributed by atoms with Gasteiger partial charge < -0.3 is 10.2 Å². The molecule has 2 aliphatic heterocycles. The highest BCUT2D eigenvalue weighted by molar-refractivity contribution is 5.84. The van der Waals surface area contributed by atoms with Crippen LogP contribution in [0.1, 0.15) is 78.6 Å². The Hall–Kier alpha value is -1.59. The van der Waals surface area contributed by atoms with Crippen LogP contribution in [0.5, 0.6) is 0 Å². The number of aliphatic carboxylic acids is 1. The number of fused-ring (bicyclic) bond motifs is 4. The highest BCUT2D eigenvalue weighted by Crippen LogP contribution is 2.52. The van der Waals surface area contributed by atoms with Crippen molar-refractivity contribution in [3.05, 3.63) is 0 Å². The minimum Gasteiger partial charge on any atom is -0.481 e. The van der Waals surface area contributed by atoms with Crippen LogP contribution in [0.3, 0.4) is 0 Å². The molecule has 27 heavy (non-hydrogen) atoms.